The van der Waals surface area contributed by atoms with Gasteiger partial charge in [0, 0.05) is 10.2 Å². The summed E-state index contributed by atoms with van der Waals surface area (Å²) in [5.41, 5.74) is 1.30. The molecule has 1 aromatic rings. The molecule has 0 unspecified atom stereocenters. The van der Waals surface area contributed by atoms with Crippen molar-refractivity contribution in [3.05, 3.63) is 34.3 Å². The summed E-state index contributed by atoms with van der Waals surface area (Å²) in [5, 5.41) is 0. The van der Waals surface area contributed by atoms with Crippen molar-refractivity contribution < 1.29 is 0 Å². The summed E-state index contributed by atoms with van der Waals surface area (Å²) in [6.07, 6.45) is 0. The average molecular weight is 235 g/mol. The van der Waals surface area contributed by atoms with Crippen molar-refractivity contribution in [1.82, 2.24) is 0 Å². The Kier molecular flexibility index (Phi) is 3.66. The summed E-state index contributed by atoms with van der Waals surface area (Å²) < 4.78 is 1.13. The van der Waals surface area contributed by atoms with Gasteiger partial charge < -0.3 is 0 Å². The Morgan fingerprint density at radius 1 is 1.50 bits per heavy atom. The van der Waals surface area contributed by atoms with Crippen molar-refractivity contribution in [1.29, 1.82) is 0 Å². The van der Waals surface area contributed by atoms with E-state index in [9.17, 15) is 0 Å². The van der Waals surface area contributed by atoms with Crippen LogP contribution in [-0.4, -0.2) is 0 Å². The fourth-order valence-electron chi connectivity index (χ4n) is 0.701. The third-order valence-corrected chi connectivity index (χ3v) is 2.46. The Labute approximate surface area is 78.3 Å². The number of benzene rings is 1. The molecule has 54 valence electrons. The van der Waals surface area contributed by atoms with E-state index in [0.717, 1.165) is 10.2 Å². The molecule has 0 heterocycles. The molecular formula is C7H7BrS2. The second-order valence-corrected chi connectivity index (χ2v) is 4.14. The molecule has 3 heteroatoms. The summed E-state index contributed by atoms with van der Waals surface area (Å²) in [6, 6.07) is 8.24. The normalized spacial score (nSPS) is 9.80. The molecule has 10 heavy (non-hydrogen) atoms. The Morgan fingerprint density at radius 2 is 2.30 bits per heavy atom. The first kappa shape index (κ1) is 8.50. The fourth-order valence-corrected chi connectivity index (χ4v) is 1.92. The van der Waals surface area contributed by atoms with Crippen molar-refractivity contribution in [2.24, 2.45) is 0 Å². The first-order chi connectivity index (χ1) is 4.83. The lowest BCUT2D eigenvalue weighted by molar-refractivity contribution is 1.41. The Hall–Kier alpha value is 0.400. The van der Waals surface area contributed by atoms with E-state index in [4.69, 9.17) is 0 Å². The molecular weight excluding hydrogens is 228 g/mol. The summed E-state index contributed by atoms with van der Waals surface area (Å²) in [6.45, 7) is 0. The third-order valence-electron chi connectivity index (χ3n) is 1.12. The van der Waals surface area contributed by atoms with Crippen molar-refractivity contribution in [3.63, 3.8) is 0 Å². The SMILES string of the molecule is SSCc1cccc(Br)c1. The number of halogens is 1. The van der Waals surface area contributed by atoms with E-state index in [0.29, 0.717) is 0 Å². The molecule has 0 aliphatic heterocycles. The lowest BCUT2D eigenvalue weighted by Crippen LogP contribution is -1.75. The first-order valence-electron chi connectivity index (χ1n) is 2.84. The van der Waals surface area contributed by atoms with Crippen LogP contribution < -0.4 is 0 Å². The third kappa shape index (κ3) is 2.56. The van der Waals surface area contributed by atoms with Gasteiger partial charge in [-0.2, -0.15) is 0 Å². The van der Waals surface area contributed by atoms with Gasteiger partial charge >= 0.3 is 0 Å². The highest BCUT2D eigenvalue weighted by Crippen LogP contribution is 2.18. The molecule has 1 rings (SSSR count). The maximum Gasteiger partial charge on any atom is 0.0286 e. The number of hydrogen-bond donors (Lipinski definition) is 1. The predicted molar refractivity (Wildman–Crippen MR) is 54.4 cm³/mol. The molecule has 0 bridgehead atoms. The molecule has 0 nitrogen and oxygen atoms in total. The summed E-state index contributed by atoms with van der Waals surface area (Å²) in [7, 11) is 1.54. The van der Waals surface area contributed by atoms with Gasteiger partial charge in [0.25, 0.3) is 0 Å². The van der Waals surface area contributed by atoms with Crippen LogP contribution in [0.4, 0.5) is 0 Å². The second-order valence-electron chi connectivity index (χ2n) is 1.90. The number of thiol groups is 1. The van der Waals surface area contributed by atoms with E-state index in [1.165, 1.54) is 16.4 Å². The minimum absolute atomic E-state index is 0.961. The van der Waals surface area contributed by atoms with E-state index >= 15 is 0 Å². The van der Waals surface area contributed by atoms with E-state index in [1.807, 2.05) is 12.1 Å². The minimum atomic E-state index is 0.961. The molecule has 0 amide bonds. The Bertz CT molecular complexity index is 213. The van der Waals surface area contributed by atoms with Crippen molar-refractivity contribution in [2.45, 2.75) is 5.75 Å². The van der Waals surface area contributed by atoms with E-state index in [1.54, 1.807) is 0 Å². The van der Waals surface area contributed by atoms with E-state index < -0.39 is 0 Å². The maximum absolute atomic E-state index is 4.07. The van der Waals surface area contributed by atoms with Gasteiger partial charge in [-0.25, -0.2) is 0 Å². The van der Waals surface area contributed by atoms with Crippen LogP contribution in [0.3, 0.4) is 0 Å². The molecule has 0 saturated carbocycles. The molecule has 0 aromatic heterocycles. The fraction of sp³-hybridized carbons (Fsp3) is 0.143. The van der Waals surface area contributed by atoms with Crippen LogP contribution in [0.5, 0.6) is 0 Å². The van der Waals surface area contributed by atoms with E-state index in [2.05, 4.69) is 39.7 Å². The highest BCUT2D eigenvalue weighted by Gasteiger charge is 1.90. The molecule has 0 aliphatic carbocycles. The molecule has 1 aromatic carbocycles. The monoisotopic (exact) mass is 234 g/mol. The first-order valence-corrected chi connectivity index (χ1v) is 5.67. The lowest BCUT2D eigenvalue weighted by atomic mass is 10.2. The van der Waals surface area contributed by atoms with Crippen LogP contribution >= 0.6 is 38.4 Å². The summed E-state index contributed by atoms with van der Waals surface area (Å²) >= 11 is 7.47. The molecule has 0 saturated heterocycles. The van der Waals surface area contributed by atoms with Crippen LogP contribution in [0.15, 0.2) is 28.7 Å². The number of hydrogen-bond acceptors (Lipinski definition) is 2. The van der Waals surface area contributed by atoms with Crippen LogP contribution in [0.1, 0.15) is 5.56 Å². The van der Waals surface area contributed by atoms with Gasteiger partial charge in [0.2, 0.25) is 0 Å². The molecule has 0 N–H and O–H groups in total. The average Bonchev–Trinajstić information content (AvgIpc) is 1.88. The Balaban J connectivity index is 2.75. The van der Waals surface area contributed by atoms with Crippen LogP contribution in [0.2, 0.25) is 0 Å². The van der Waals surface area contributed by atoms with Gasteiger partial charge in [-0.05, 0) is 17.7 Å². The van der Waals surface area contributed by atoms with Gasteiger partial charge in [-0.15, -0.1) is 11.7 Å². The van der Waals surface area contributed by atoms with Crippen LogP contribution in [0.25, 0.3) is 0 Å². The lowest BCUT2D eigenvalue weighted by Gasteiger charge is -1.96. The van der Waals surface area contributed by atoms with Crippen LogP contribution in [-0.2, 0) is 5.75 Å². The standard InChI is InChI=1S/C7H7BrS2/c8-7-3-1-2-6(4-7)5-10-9/h1-4,9H,5H2. The van der Waals surface area contributed by atoms with Crippen molar-refractivity contribution >= 4 is 38.4 Å². The molecule has 0 aliphatic rings. The smallest absolute Gasteiger partial charge is 0.0286 e. The largest absolute Gasteiger partial charge is 0.111 e. The van der Waals surface area contributed by atoms with Gasteiger partial charge in [-0.1, -0.05) is 38.9 Å². The van der Waals surface area contributed by atoms with Gasteiger partial charge in [0.1, 0.15) is 0 Å². The summed E-state index contributed by atoms with van der Waals surface area (Å²) in [4.78, 5) is 0. The zero-order chi connectivity index (χ0) is 7.40. The second kappa shape index (κ2) is 4.31. The Morgan fingerprint density at radius 3 is 2.90 bits per heavy atom. The minimum Gasteiger partial charge on any atom is -0.111 e. The molecule has 0 fully saturated rings. The number of rotatable bonds is 2. The van der Waals surface area contributed by atoms with Crippen molar-refractivity contribution in [3.8, 4) is 0 Å². The van der Waals surface area contributed by atoms with Gasteiger partial charge in [0.15, 0.2) is 0 Å². The zero-order valence-corrected chi connectivity index (χ0v) is 8.55. The molecule has 0 radical (unpaired) electrons. The summed E-state index contributed by atoms with van der Waals surface area (Å²) in [5.74, 6) is 0.961. The highest BCUT2D eigenvalue weighted by molar-refractivity contribution is 9.10. The maximum atomic E-state index is 4.07. The van der Waals surface area contributed by atoms with Crippen LogP contribution in [0, 0.1) is 0 Å². The molecule has 0 spiro atoms. The molecule has 0 atom stereocenters. The topological polar surface area (TPSA) is 0 Å². The quantitative estimate of drug-likeness (QED) is 0.604. The van der Waals surface area contributed by atoms with Gasteiger partial charge in [-0.3, -0.25) is 0 Å². The zero-order valence-electron chi connectivity index (χ0n) is 5.25. The highest BCUT2D eigenvalue weighted by atomic mass is 79.9. The van der Waals surface area contributed by atoms with Crippen molar-refractivity contribution in [2.75, 3.05) is 0 Å². The van der Waals surface area contributed by atoms with Gasteiger partial charge in [0.05, 0.1) is 0 Å². The van der Waals surface area contributed by atoms with E-state index in [-0.39, 0.29) is 0 Å². The predicted octanol–water partition coefficient (Wildman–Crippen LogP) is 3.53.